The maximum Gasteiger partial charge on any atom is 0.273 e. The average molecular weight is 530 g/mol. The van der Waals surface area contributed by atoms with E-state index in [-0.39, 0.29) is 11.7 Å². The second-order valence-corrected chi connectivity index (χ2v) is 9.72. The van der Waals surface area contributed by atoms with Gasteiger partial charge in [-0.3, -0.25) is 9.89 Å². The first-order valence-electron chi connectivity index (χ1n) is 12.2. The minimum atomic E-state index is -0.505. The molecular weight excluding hydrogens is 502 g/mol. The number of carbonyl (C=O) groups excluding carboxylic acids is 1. The number of hydrogen-bond donors (Lipinski definition) is 2. The number of fused-ring (bicyclic) bond motifs is 1. The first-order valence-corrected chi connectivity index (χ1v) is 12.6. The molecule has 1 aliphatic heterocycles. The van der Waals surface area contributed by atoms with Gasteiger partial charge in [-0.15, -0.1) is 0 Å². The van der Waals surface area contributed by atoms with Crippen LogP contribution in [0.3, 0.4) is 0 Å². The third-order valence-electron chi connectivity index (χ3n) is 6.73. The summed E-state index contributed by atoms with van der Waals surface area (Å²) in [7, 11) is 1.57. The van der Waals surface area contributed by atoms with Gasteiger partial charge in [0.05, 0.1) is 13.2 Å². The van der Waals surface area contributed by atoms with Gasteiger partial charge in [0.2, 0.25) is 0 Å². The van der Waals surface area contributed by atoms with Crippen LogP contribution in [0.4, 0.5) is 0 Å². The minimum absolute atomic E-state index is 0.0372. The quantitative estimate of drug-likeness (QED) is 0.259. The lowest BCUT2D eigenvalue weighted by molar-refractivity contribution is 0.0730. The van der Waals surface area contributed by atoms with Crippen LogP contribution < -0.4 is 9.47 Å². The number of hydrogen-bond acceptors (Lipinski definition) is 5. The Morgan fingerprint density at radius 2 is 1.89 bits per heavy atom. The molecule has 8 heteroatoms. The smallest absolute Gasteiger partial charge is 0.273 e. The number of aromatic amines is 1. The topological polar surface area (TPSA) is 87.7 Å². The van der Waals surface area contributed by atoms with Gasteiger partial charge in [0.1, 0.15) is 23.7 Å². The third kappa shape index (κ3) is 4.50. The van der Waals surface area contributed by atoms with Crippen molar-refractivity contribution in [1.29, 1.82) is 0 Å². The average Bonchev–Trinajstić information content (AvgIpc) is 3.45. The Labute approximate surface area is 226 Å². The number of amides is 1. The van der Waals surface area contributed by atoms with E-state index in [1.807, 2.05) is 56.3 Å². The lowest BCUT2D eigenvalue weighted by Crippen LogP contribution is -2.29. The van der Waals surface area contributed by atoms with E-state index in [2.05, 4.69) is 16.8 Å². The molecule has 0 radical (unpaired) electrons. The molecule has 0 saturated heterocycles. The number of aromatic nitrogens is 2. The molecule has 4 aromatic rings. The number of nitrogens with one attached hydrogen (secondary N) is 1. The van der Waals surface area contributed by atoms with Crippen LogP contribution in [0.25, 0.3) is 11.3 Å². The highest BCUT2D eigenvalue weighted by Gasteiger charge is 2.43. The predicted octanol–water partition coefficient (Wildman–Crippen LogP) is 6.37. The Hall–Kier alpha value is -4.23. The van der Waals surface area contributed by atoms with Gasteiger partial charge in [-0.2, -0.15) is 5.10 Å². The molecule has 1 aliphatic rings. The van der Waals surface area contributed by atoms with Crippen molar-refractivity contribution < 1.29 is 19.4 Å². The summed E-state index contributed by atoms with van der Waals surface area (Å²) in [4.78, 5) is 15.6. The zero-order valence-electron chi connectivity index (χ0n) is 21.4. The van der Waals surface area contributed by atoms with E-state index >= 15 is 0 Å². The fourth-order valence-electron chi connectivity index (χ4n) is 4.78. The van der Waals surface area contributed by atoms with Crippen LogP contribution in [0.15, 0.2) is 67.3 Å². The SMILES string of the molecule is C=CCOc1ccc(C2c3c(-c4cc(Cl)c(C)cc4O)n[nH]c3C(=O)N2Cc2ccc(C)cc2)cc1OC. The molecule has 0 bridgehead atoms. The van der Waals surface area contributed by atoms with E-state index in [1.54, 1.807) is 30.2 Å². The first kappa shape index (κ1) is 25.4. The predicted molar refractivity (Wildman–Crippen MR) is 147 cm³/mol. The number of carbonyl (C=O) groups is 1. The van der Waals surface area contributed by atoms with Crippen molar-refractivity contribution in [1.82, 2.24) is 15.1 Å². The van der Waals surface area contributed by atoms with Crippen LogP contribution in [-0.4, -0.2) is 39.8 Å². The summed E-state index contributed by atoms with van der Waals surface area (Å²) < 4.78 is 11.4. The Bertz CT molecular complexity index is 1530. The Morgan fingerprint density at radius 1 is 1.13 bits per heavy atom. The molecule has 1 amide bonds. The maximum atomic E-state index is 13.8. The molecule has 5 rings (SSSR count). The molecule has 0 fully saturated rings. The molecule has 194 valence electrons. The molecule has 1 unspecified atom stereocenters. The Kier molecular flexibility index (Phi) is 6.87. The van der Waals surface area contributed by atoms with Gasteiger partial charge in [-0.25, -0.2) is 0 Å². The van der Waals surface area contributed by atoms with E-state index in [9.17, 15) is 9.90 Å². The van der Waals surface area contributed by atoms with Gasteiger partial charge in [-0.1, -0.05) is 60.2 Å². The first-order chi connectivity index (χ1) is 18.3. The highest BCUT2D eigenvalue weighted by Crippen LogP contribution is 2.47. The number of aromatic hydroxyl groups is 1. The van der Waals surface area contributed by atoms with Gasteiger partial charge in [0.25, 0.3) is 5.91 Å². The number of ether oxygens (including phenoxy) is 2. The zero-order chi connectivity index (χ0) is 27.0. The molecule has 7 nitrogen and oxygen atoms in total. The van der Waals surface area contributed by atoms with Crippen molar-refractivity contribution in [2.75, 3.05) is 13.7 Å². The monoisotopic (exact) mass is 529 g/mol. The van der Waals surface area contributed by atoms with Crippen molar-refractivity contribution in [3.63, 3.8) is 0 Å². The summed E-state index contributed by atoms with van der Waals surface area (Å²) in [5, 5.41) is 18.7. The molecule has 1 atom stereocenters. The number of benzene rings is 3. The molecule has 1 aromatic heterocycles. The van der Waals surface area contributed by atoms with Gasteiger partial charge in [0, 0.05) is 22.7 Å². The van der Waals surface area contributed by atoms with Crippen molar-refractivity contribution >= 4 is 17.5 Å². The number of phenolic OH excluding ortho intramolecular Hbond substituents is 1. The molecule has 0 spiro atoms. The highest BCUT2D eigenvalue weighted by atomic mass is 35.5. The molecule has 3 aromatic carbocycles. The summed E-state index contributed by atoms with van der Waals surface area (Å²) in [5.41, 5.74) is 5.65. The van der Waals surface area contributed by atoms with Crippen molar-refractivity contribution in [3.8, 4) is 28.5 Å². The summed E-state index contributed by atoms with van der Waals surface area (Å²) in [6.07, 6.45) is 1.66. The normalized spacial score (nSPS) is 14.5. The van der Waals surface area contributed by atoms with E-state index in [0.29, 0.717) is 52.2 Å². The molecule has 2 heterocycles. The van der Waals surface area contributed by atoms with Gasteiger partial charge < -0.3 is 19.5 Å². The second-order valence-electron chi connectivity index (χ2n) is 9.31. The van der Waals surface area contributed by atoms with E-state index in [4.69, 9.17) is 21.1 Å². The Balaban J connectivity index is 1.67. The fourth-order valence-corrected chi connectivity index (χ4v) is 4.94. The number of methoxy groups -OCH3 is 1. The molecule has 38 heavy (non-hydrogen) atoms. The number of nitrogens with zero attached hydrogens (tertiary/aromatic N) is 2. The van der Waals surface area contributed by atoms with E-state index in [1.165, 1.54) is 0 Å². The standard InChI is InChI=1S/C30H28ClN3O4/c1-5-12-38-24-11-10-20(14-25(24)37-4)29-26-27(21-15-22(31)18(3)13-23(21)35)32-33-28(26)30(36)34(29)16-19-8-6-17(2)7-9-19/h5-11,13-15,29,35H,1,12,16H2,2-4H3,(H,32,33). The largest absolute Gasteiger partial charge is 0.507 e. The van der Waals surface area contributed by atoms with E-state index < -0.39 is 6.04 Å². The number of phenols is 1. The zero-order valence-corrected chi connectivity index (χ0v) is 22.2. The third-order valence-corrected chi connectivity index (χ3v) is 7.14. The van der Waals surface area contributed by atoms with E-state index in [0.717, 1.165) is 22.3 Å². The van der Waals surface area contributed by atoms with Crippen molar-refractivity contribution in [3.05, 3.63) is 106 Å². The fraction of sp³-hybridized carbons (Fsp3) is 0.200. The molecule has 2 N–H and O–H groups in total. The number of rotatable bonds is 8. The summed E-state index contributed by atoms with van der Waals surface area (Å²) >= 11 is 6.42. The van der Waals surface area contributed by atoms with Crippen LogP contribution in [0.1, 0.15) is 44.3 Å². The highest BCUT2D eigenvalue weighted by molar-refractivity contribution is 6.31. The van der Waals surface area contributed by atoms with Crippen LogP contribution >= 0.6 is 11.6 Å². The second kappa shape index (κ2) is 10.3. The minimum Gasteiger partial charge on any atom is -0.507 e. The van der Waals surface area contributed by atoms with Gasteiger partial charge in [-0.05, 0) is 54.8 Å². The van der Waals surface area contributed by atoms with Gasteiger partial charge in [0.15, 0.2) is 11.5 Å². The summed E-state index contributed by atoms with van der Waals surface area (Å²) in [5.74, 6) is 0.955. The van der Waals surface area contributed by atoms with Crippen LogP contribution in [0.2, 0.25) is 5.02 Å². The molecule has 0 saturated carbocycles. The molecule has 0 aliphatic carbocycles. The lowest BCUT2D eigenvalue weighted by Gasteiger charge is -2.27. The van der Waals surface area contributed by atoms with Crippen molar-refractivity contribution in [2.45, 2.75) is 26.4 Å². The van der Waals surface area contributed by atoms with Crippen LogP contribution in [-0.2, 0) is 6.54 Å². The van der Waals surface area contributed by atoms with Crippen LogP contribution in [0.5, 0.6) is 17.2 Å². The number of H-pyrrole nitrogens is 1. The number of halogens is 1. The number of aryl methyl sites for hydroxylation is 2. The Morgan fingerprint density at radius 3 is 2.61 bits per heavy atom. The van der Waals surface area contributed by atoms with Gasteiger partial charge >= 0.3 is 0 Å². The maximum absolute atomic E-state index is 13.8. The lowest BCUT2D eigenvalue weighted by atomic mass is 9.94. The summed E-state index contributed by atoms with van der Waals surface area (Å²) in [6.45, 7) is 8.26. The summed E-state index contributed by atoms with van der Waals surface area (Å²) in [6, 6.07) is 16.5. The molecular formula is C30H28ClN3O4. The van der Waals surface area contributed by atoms with Crippen molar-refractivity contribution in [2.24, 2.45) is 0 Å². The van der Waals surface area contributed by atoms with Crippen LogP contribution in [0, 0.1) is 13.8 Å².